The Labute approximate surface area is 143 Å². The molecule has 0 aromatic heterocycles. The molecule has 0 aliphatic carbocycles. The normalized spacial score (nSPS) is 10.8. The van der Waals surface area contributed by atoms with Crippen LogP contribution in [0.2, 0.25) is 0 Å². The monoisotopic (exact) mass is 324 g/mol. The van der Waals surface area contributed by atoms with Crippen LogP contribution in [-0.2, 0) is 0 Å². The maximum Gasteiger partial charge on any atom is 0.204 e. The number of anilines is 1. The summed E-state index contributed by atoms with van der Waals surface area (Å²) in [7, 11) is 0. The first-order chi connectivity index (χ1) is 11.7. The largest absolute Gasteiger partial charge is 0.494 e. The van der Waals surface area contributed by atoms with Crippen LogP contribution >= 0.6 is 0 Å². The van der Waals surface area contributed by atoms with Gasteiger partial charge < -0.3 is 9.64 Å². The van der Waals surface area contributed by atoms with Gasteiger partial charge in [0, 0.05) is 24.3 Å². The molecule has 0 N–H and O–H groups in total. The van der Waals surface area contributed by atoms with Gasteiger partial charge in [0.05, 0.1) is 18.5 Å². The molecule has 0 bridgehead atoms. The van der Waals surface area contributed by atoms with Crippen molar-refractivity contribution in [3.8, 4) is 5.75 Å². The third-order valence-electron chi connectivity index (χ3n) is 3.76. The molecule has 4 nitrogen and oxygen atoms in total. The van der Waals surface area contributed by atoms with E-state index in [1.807, 2.05) is 31.2 Å². The highest BCUT2D eigenvalue weighted by molar-refractivity contribution is 6.35. The molecule has 126 valence electrons. The maximum absolute atomic E-state index is 12.2. The molecule has 4 heteroatoms. The third-order valence-corrected chi connectivity index (χ3v) is 3.76. The molecule has 24 heavy (non-hydrogen) atoms. The van der Waals surface area contributed by atoms with E-state index in [2.05, 4.69) is 23.7 Å². The molecule has 0 aliphatic heterocycles. The summed E-state index contributed by atoms with van der Waals surface area (Å²) in [4.78, 5) is 18.7. The number of carbonyl (C=O) groups excluding carboxylic acids is 1. The standard InChI is InChI=1S/C20H24N2O2/c1-4-22(5-2)18-11-9-17(10-12-18)21-15-20(23)16-7-13-19(14-8-16)24-6-3/h7-15H,4-6H2,1-3H3. The number of hydrogen-bond donors (Lipinski definition) is 0. The number of ether oxygens (including phenoxy) is 1. The first kappa shape index (κ1) is 17.7. The van der Waals surface area contributed by atoms with Crippen molar-refractivity contribution in [2.24, 2.45) is 4.99 Å². The van der Waals surface area contributed by atoms with Crippen molar-refractivity contribution in [3.63, 3.8) is 0 Å². The van der Waals surface area contributed by atoms with Crippen LogP contribution in [0.1, 0.15) is 31.1 Å². The highest BCUT2D eigenvalue weighted by Crippen LogP contribution is 2.19. The zero-order valence-electron chi connectivity index (χ0n) is 14.5. The Hall–Kier alpha value is -2.62. The number of hydrogen-bond acceptors (Lipinski definition) is 4. The average molecular weight is 324 g/mol. The van der Waals surface area contributed by atoms with E-state index in [-0.39, 0.29) is 5.78 Å². The number of carbonyl (C=O) groups is 1. The summed E-state index contributed by atoms with van der Waals surface area (Å²) in [6.45, 7) is 8.73. The topological polar surface area (TPSA) is 41.9 Å². The van der Waals surface area contributed by atoms with Crippen molar-refractivity contribution >= 4 is 23.4 Å². The smallest absolute Gasteiger partial charge is 0.204 e. The summed E-state index contributed by atoms with van der Waals surface area (Å²) in [5.74, 6) is 0.642. The molecule has 0 heterocycles. The Morgan fingerprint density at radius 2 is 1.62 bits per heavy atom. The molecular weight excluding hydrogens is 300 g/mol. The van der Waals surface area contributed by atoms with Crippen molar-refractivity contribution in [1.82, 2.24) is 0 Å². The summed E-state index contributed by atoms with van der Waals surface area (Å²) >= 11 is 0. The van der Waals surface area contributed by atoms with Crippen LogP contribution in [0.15, 0.2) is 53.5 Å². The lowest BCUT2D eigenvalue weighted by Gasteiger charge is -2.20. The SMILES string of the molecule is CCOc1ccc(C(=O)C=Nc2ccc(N(CC)CC)cc2)cc1. The lowest BCUT2D eigenvalue weighted by atomic mass is 10.1. The van der Waals surface area contributed by atoms with Crippen molar-refractivity contribution in [2.45, 2.75) is 20.8 Å². The van der Waals surface area contributed by atoms with Gasteiger partial charge in [-0.2, -0.15) is 0 Å². The second-order valence-corrected chi connectivity index (χ2v) is 5.27. The Bertz CT molecular complexity index is 672. The number of ketones is 1. The molecule has 0 unspecified atom stereocenters. The zero-order valence-corrected chi connectivity index (χ0v) is 14.5. The van der Waals surface area contributed by atoms with Gasteiger partial charge in [-0.1, -0.05) is 0 Å². The van der Waals surface area contributed by atoms with E-state index in [1.54, 1.807) is 24.3 Å². The van der Waals surface area contributed by atoms with Gasteiger partial charge in [-0.15, -0.1) is 0 Å². The number of aliphatic imine (C=N–C) groups is 1. The molecule has 2 aromatic carbocycles. The zero-order chi connectivity index (χ0) is 17.4. The van der Waals surface area contributed by atoms with E-state index < -0.39 is 0 Å². The summed E-state index contributed by atoms with van der Waals surface area (Å²) in [5.41, 5.74) is 2.53. The summed E-state index contributed by atoms with van der Waals surface area (Å²) < 4.78 is 5.37. The average Bonchev–Trinajstić information content (AvgIpc) is 2.63. The van der Waals surface area contributed by atoms with Gasteiger partial charge >= 0.3 is 0 Å². The molecule has 2 aromatic rings. The summed E-state index contributed by atoms with van der Waals surface area (Å²) in [5, 5.41) is 0. The predicted molar refractivity (Wildman–Crippen MR) is 100 cm³/mol. The summed E-state index contributed by atoms with van der Waals surface area (Å²) in [6.07, 6.45) is 1.36. The van der Waals surface area contributed by atoms with Gasteiger partial charge in [-0.3, -0.25) is 9.79 Å². The molecular formula is C20H24N2O2. The molecule has 0 saturated carbocycles. The number of nitrogens with zero attached hydrogens (tertiary/aromatic N) is 2. The Morgan fingerprint density at radius 1 is 1.00 bits per heavy atom. The van der Waals surface area contributed by atoms with E-state index >= 15 is 0 Å². The van der Waals surface area contributed by atoms with Crippen molar-refractivity contribution in [1.29, 1.82) is 0 Å². The Balaban J connectivity index is 2.03. The number of rotatable bonds is 8. The first-order valence-electron chi connectivity index (χ1n) is 8.34. The molecule has 0 aliphatic rings. The minimum Gasteiger partial charge on any atom is -0.494 e. The molecule has 0 fully saturated rings. The van der Waals surface area contributed by atoms with Crippen LogP contribution in [0, 0.1) is 0 Å². The predicted octanol–water partition coefficient (Wildman–Crippen LogP) is 4.52. The molecule has 0 atom stereocenters. The van der Waals surface area contributed by atoms with Crippen molar-refractivity contribution in [3.05, 3.63) is 54.1 Å². The molecule has 0 amide bonds. The fraction of sp³-hybridized carbons (Fsp3) is 0.300. The Morgan fingerprint density at radius 3 is 2.17 bits per heavy atom. The van der Waals surface area contributed by atoms with Crippen LogP contribution in [-0.4, -0.2) is 31.7 Å². The molecule has 0 saturated heterocycles. The number of benzene rings is 2. The van der Waals surface area contributed by atoms with E-state index in [0.717, 1.165) is 30.2 Å². The van der Waals surface area contributed by atoms with Gasteiger partial charge in [0.2, 0.25) is 5.78 Å². The van der Waals surface area contributed by atoms with Crippen LogP contribution in [0.4, 0.5) is 11.4 Å². The van der Waals surface area contributed by atoms with Crippen LogP contribution in [0.5, 0.6) is 5.75 Å². The van der Waals surface area contributed by atoms with Crippen LogP contribution < -0.4 is 9.64 Å². The van der Waals surface area contributed by atoms with Crippen molar-refractivity contribution < 1.29 is 9.53 Å². The fourth-order valence-corrected chi connectivity index (χ4v) is 2.43. The van der Waals surface area contributed by atoms with Gasteiger partial charge in [0.15, 0.2) is 0 Å². The van der Waals surface area contributed by atoms with E-state index in [4.69, 9.17) is 4.74 Å². The minimum absolute atomic E-state index is 0.120. The van der Waals surface area contributed by atoms with E-state index in [9.17, 15) is 4.79 Å². The second-order valence-electron chi connectivity index (χ2n) is 5.27. The molecule has 0 radical (unpaired) electrons. The van der Waals surface area contributed by atoms with Gasteiger partial charge in [-0.25, -0.2) is 0 Å². The molecule has 2 rings (SSSR count). The quantitative estimate of drug-likeness (QED) is 0.530. The minimum atomic E-state index is -0.120. The highest BCUT2D eigenvalue weighted by atomic mass is 16.5. The Kier molecular flexibility index (Phi) is 6.55. The van der Waals surface area contributed by atoms with Crippen molar-refractivity contribution in [2.75, 3.05) is 24.6 Å². The third kappa shape index (κ3) is 4.69. The second kappa shape index (κ2) is 8.87. The first-order valence-corrected chi connectivity index (χ1v) is 8.34. The molecule has 0 spiro atoms. The van der Waals surface area contributed by atoms with Gasteiger partial charge in [-0.05, 0) is 69.3 Å². The highest BCUT2D eigenvalue weighted by Gasteiger charge is 2.04. The number of Topliss-reactive ketones (excluding diaryl/α,β-unsaturated/α-hetero) is 1. The summed E-state index contributed by atoms with van der Waals surface area (Å²) in [6, 6.07) is 15.0. The lowest BCUT2D eigenvalue weighted by molar-refractivity contribution is 0.107. The fourth-order valence-electron chi connectivity index (χ4n) is 2.43. The van der Waals surface area contributed by atoms with E-state index in [0.29, 0.717) is 12.2 Å². The maximum atomic E-state index is 12.2. The van der Waals surface area contributed by atoms with Crippen LogP contribution in [0.25, 0.3) is 0 Å². The van der Waals surface area contributed by atoms with Crippen LogP contribution in [0.3, 0.4) is 0 Å². The van der Waals surface area contributed by atoms with E-state index in [1.165, 1.54) is 6.21 Å². The van der Waals surface area contributed by atoms with Gasteiger partial charge in [0.25, 0.3) is 0 Å². The lowest BCUT2D eigenvalue weighted by Crippen LogP contribution is -2.21. The van der Waals surface area contributed by atoms with Gasteiger partial charge in [0.1, 0.15) is 5.75 Å².